The van der Waals surface area contributed by atoms with Gasteiger partial charge in [-0.1, -0.05) is 48.0 Å². The maximum atomic E-state index is 13.6. The van der Waals surface area contributed by atoms with E-state index in [-0.39, 0.29) is 19.0 Å². The average molecular weight is 607 g/mol. The highest BCUT2D eigenvalue weighted by atomic mass is 16.5. The third-order valence-electron chi connectivity index (χ3n) is 7.47. The van der Waals surface area contributed by atoms with Crippen LogP contribution in [0, 0.1) is 6.92 Å². The number of ether oxygens (including phenoxy) is 2. The number of aryl methyl sites for hydroxylation is 1. The van der Waals surface area contributed by atoms with Gasteiger partial charge in [-0.3, -0.25) is 23.5 Å². The molecular formula is C35H34N4O6. The van der Waals surface area contributed by atoms with E-state index in [9.17, 15) is 19.2 Å². The van der Waals surface area contributed by atoms with E-state index < -0.39 is 17.2 Å². The third-order valence-corrected chi connectivity index (χ3v) is 7.47. The van der Waals surface area contributed by atoms with E-state index in [0.29, 0.717) is 52.2 Å². The number of para-hydroxylation sites is 1. The highest BCUT2D eigenvalue weighted by Gasteiger charge is 2.16. The van der Waals surface area contributed by atoms with Crippen molar-refractivity contribution in [2.75, 3.05) is 26.1 Å². The van der Waals surface area contributed by atoms with E-state index in [1.165, 1.54) is 4.57 Å². The Hall–Kier alpha value is -5.64. The molecule has 0 aliphatic rings. The minimum atomic E-state index is -0.602. The summed E-state index contributed by atoms with van der Waals surface area (Å²) in [6.45, 7) is 2.07. The van der Waals surface area contributed by atoms with Crippen LogP contribution in [0.4, 0.5) is 5.69 Å². The van der Waals surface area contributed by atoms with Gasteiger partial charge in [0.05, 0.1) is 31.7 Å². The van der Waals surface area contributed by atoms with Crippen molar-refractivity contribution in [3.05, 3.63) is 134 Å². The Morgan fingerprint density at radius 2 is 1.47 bits per heavy atom. The molecule has 45 heavy (non-hydrogen) atoms. The molecule has 0 spiro atoms. The van der Waals surface area contributed by atoms with Crippen molar-refractivity contribution in [2.45, 2.75) is 26.4 Å². The molecule has 10 nitrogen and oxygen atoms in total. The summed E-state index contributed by atoms with van der Waals surface area (Å²) in [6.07, 6.45) is 0.602. The molecule has 0 radical (unpaired) electrons. The number of amides is 2. The number of carbonyl (C=O) groups is 2. The van der Waals surface area contributed by atoms with E-state index in [1.54, 1.807) is 74.9 Å². The highest BCUT2D eigenvalue weighted by Crippen LogP contribution is 2.27. The Morgan fingerprint density at radius 3 is 2.18 bits per heavy atom. The van der Waals surface area contributed by atoms with E-state index in [0.717, 1.165) is 15.7 Å². The number of carbonyl (C=O) groups excluding carboxylic acids is 2. The lowest BCUT2D eigenvalue weighted by Crippen LogP contribution is -2.42. The molecule has 0 aliphatic carbocycles. The molecule has 4 aromatic carbocycles. The second-order valence-corrected chi connectivity index (χ2v) is 10.6. The first-order chi connectivity index (χ1) is 21.8. The van der Waals surface area contributed by atoms with Gasteiger partial charge in [-0.25, -0.2) is 4.79 Å². The maximum Gasteiger partial charge on any atom is 0.332 e. The lowest BCUT2D eigenvalue weighted by Gasteiger charge is -2.14. The van der Waals surface area contributed by atoms with Gasteiger partial charge in [0.15, 0.2) is 11.5 Å². The molecule has 2 amide bonds. The zero-order chi connectivity index (χ0) is 31.9. The maximum absolute atomic E-state index is 13.6. The number of rotatable bonds is 11. The Labute approximate surface area is 259 Å². The molecule has 1 aromatic heterocycles. The fourth-order valence-electron chi connectivity index (χ4n) is 5.05. The lowest BCUT2D eigenvalue weighted by molar-refractivity contribution is -0.116. The Morgan fingerprint density at radius 1 is 0.778 bits per heavy atom. The summed E-state index contributed by atoms with van der Waals surface area (Å²) in [4.78, 5) is 52.7. The Bertz CT molecular complexity index is 1960. The number of hydrogen-bond donors (Lipinski definition) is 2. The molecule has 0 unspecified atom stereocenters. The molecule has 0 saturated heterocycles. The molecular weight excluding hydrogens is 572 g/mol. The molecule has 1 heterocycles. The second-order valence-electron chi connectivity index (χ2n) is 10.6. The van der Waals surface area contributed by atoms with Crippen molar-refractivity contribution in [1.82, 2.24) is 14.5 Å². The van der Waals surface area contributed by atoms with Crippen molar-refractivity contribution in [2.24, 2.45) is 0 Å². The largest absolute Gasteiger partial charge is 0.493 e. The molecule has 10 heteroatoms. The Kier molecular flexibility index (Phi) is 9.43. The van der Waals surface area contributed by atoms with Crippen LogP contribution < -0.4 is 31.4 Å². The number of methoxy groups -OCH3 is 2. The predicted molar refractivity (Wildman–Crippen MR) is 173 cm³/mol. The summed E-state index contributed by atoms with van der Waals surface area (Å²) in [5.74, 6) is 0.628. The van der Waals surface area contributed by atoms with Crippen molar-refractivity contribution in [3.8, 4) is 11.5 Å². The van der Waals surface area contributed by atoms with Crippen LogP contribution in [0.2, 0.25) is 0 Å². The lowest BCUT2D eigenvalue weighted by atomic mass is 10.1. The van der Waals surface area contributed by atoms with Crippen LogP contribution in [0.25, 0.3) is 10.9 Å². The summed E-state index contributed by atoms with van der Waals surface area (Å²) in [5.41, 5.74) is 3.08. The van der Waals surface area contributed by atoms with Gasteiger partial charge in [-0.05, 0) is 73.0 Å². The van der Waals surface area contributed by atoms with Crippen LogP contribution in [0.15, 0.2) is 101 Å². The van der Waals surface area contributed by atoms with E-state index >= 15 is 0 Å². The van der Waals surface area contributed by atoms with Gasteiger partial charge >= 0.3 is 5.69 Å². The zero-order valence-corrected chi connectivity index (χ0v) is 25.3. The van der Waals surface area contributed by atoms with Gasteiger partial charge in [0.1, 0.15) is 6.54 Å². The van der Waals surface area contributed by atoms with Gasteiger partial charge < -0.3 is 20.1 Å². The number of hydrogen-bond acceptors (Lipinski definition) is 6. The predicted octanol–water partition coefficient (Wildman–Crippen LogP) is 4.15. The van der Waals surface area contributed by atoms with Gasteiger partial charge in [0.25, 0.3) is 11.5 Å². The van der Waals surface area contributed by atoms with Crippen molar-refractivity contribution in [3.63, 3.8) is 0 Å². The van der Waals surface area contributed by atoms with E-state index in [2.05, 4.69) is 10.6 Å². The molecule has 2 N–H and O–H groups in total. The van der Waals surface area contributed by atoms with E-state index in [1.807, 2.05) is 37.3 Å². The first kappa shape index (κ1) is 30.8. The molecule has 5 rings (SSSR count). The number of aromatic nitrogens is 2. The molecule has 230 valence electrons. The summed E-state index contributed by atoms with van der Waals surface area (Å²) < 4.78 is 13.0. The minimum absolute atomic E-state index is 0.0245. The zero-order valence-electron chi connectivity index (χ0n) is 25.3. The molecule has 0 fully saturated rings. The minimum Gasteiger partial charge on any atom is -0.493 e. The third kappa shape index (κ3) is 7.13. The molecule has 0 saturated carbocycles. The van der Waals surface area contributed by atoms with Crippen molar-refractivity contribution >= 4 is 28.4 Å². The van der Waals surface area contributed by atoms with Crippen LogP contribution in [-0.2, 0) is 24.3 Å². The fourth-order valence-corrected chi connectivity index (χ4v) is 5.05. The smallest absolute Gasteiger partial charge is 0.332 e. The number of nitrogens with zero attached hydrogens (tertiary/aromatic N) is 2. The fraction of sp³-hybridized carbons (Fsp3) is 0.200. The summed E-state index contributed by atoms with van der Waals surface area (Å²) in [5, 5.41) is 6.04. The van der Waals surface area contributed by atoms with Crippen molar-refractivity contribution < 1.29 is 19.1 Å². The van der Waals surface area contributed by atoms with Crippen LogP contribution in [0.1, 0.15) is 27.0 Å². The summed E-state index contributed by atoms with van der Waals surface area (Å²) in [7, 11) is 3.15. The van der Waals surface area contributed by atoms with Gasteiger partial charge in [-0.2, -0.15) is 0 Å². The first-order valence-corrected chi connectivity index (χ1v) is 14.4. The van der Waals surface area contributed by atoms with Crippen LogP contribution in [0.3, 0.4) is 0 Å². The van der Waals surface area contributed by atoms with Crippen LogP contribution in [-0.4, -0.2) is 41.7 Å². The number of anilines is 1. The van der Waals surface area contributed by atoms with Crippen LogP contribution in [0.5, 0.6) is 11.5 Å². The molecule has 0 aliphatic heterocycles. The quantitative estimate of drug-likeness (QED) is 0.233. The highest BCUT2D eigenvalue weighted by molar-refractivity contribution is 5.94. The average Bonchev–Trinajstić information content (AvgIpc) is 3.06. The standard InChI is InChI=1S/C35H34N4O6/c1-23-8-15-27(16-9-23)37-32(40)22-38-29-7-5-4-6-28(29)34(42)39(35(38)43)21-25-10-13-26(14-11-25)33(41)36-19-18-24-12-17-30(44-2)31(20-24)45-3/h4-17,20H,18-19,21-22H2,1-3H3,(H,36,41)(H,37,40). The topological polar surface area (TPSA) is 121 Å². The summed E-state index contributed by atoms with van der Waals surface area (Å²) >= 11 is 0. The molecule has 0 atom stereocenters. The number of benzene rings is 4. The van der Waals surface area contributed by atoms with E-state index in [4.69, 9.17) is 9.47 Å². The monoisotopic (exact) mass is 606 g/mol. The Balaban J connectivity index is 1.29. The first-order valence-electron chi connectivity index (χ1n) is 14.4. The SMILES string of the molecule is COc1ccc(CCNC(=O)c2ccc(Cn3c(=O)c4ccccc4n(CC(=O)Nc4ccc(C)cc4)c3=O)cc2)cc1OC. The van der Waals surface area contributed by atoms with Gasteiger partial charge in [-0.15, -0.1) is 0 Å². The molecule has 5 aromatic rings. The molecule has 0 bridgehead atoms. The number of fused-ring (bicyclic) bond motifs is 1. The van der Waals surface area contributed by atoms with Crippen LogP contribution >= 0.6 is 0 Å². The second kappa shape index (κ2) is 13.8. The number of nitrogens with one attached hydrogen (secondary N) is 2. The van der Waals surface area contributed by atoms with Gasteiger partial charge in [0, 0.05) is 17.8 Å². The van der Waals surface area contributed by atoms with Gasteiger partial charge in [0.2, 0.25) is 5.91 Å². The summed E-state index contributed by atoms with van der Waals surface area (Å²) in [6, 6.07) is 26.4. The normalized spacial score (nSPS) is 10.8. The van der Waals surface area contributed by atoms with Crippen molar-refractivity contribution in [1.29, 1.82) is 0 Å².